The van der Waals surface area contributed by atoms with Crippen LogP contribution in [0.1, 0.15) is 30.1 Å². The van der Waals surface area contributed by atoms with E-state index in [4.69, 9.17) is 10.00 Å². The van der Waals surface area contributed by atoms with Gasteiger partial charge in [0, 0.05) is 5.39 Å². The number of carbonyl (C=O) groups is 1. The molecule has 7 nitrogen and oxygen atoms in total. The molecule has 1 aromatic carbocycles. The van der Waals surface area contributed by atoms with Gasteiger partial charge in [-0.05, 0) is 24.6 Å². The lowest BCUT2D eigenvalue weighted by Crippen LogP contribution is -2.32. The number of fused-ring (bicyclic) bond motifs is 3. The highest BCUT2D eigenvalue weighted by Crippen LogP contribution is 2.28. The quantitative estimate of drug-likeness (QED) is 0.674. The van der Waals surface area contributed by atoms with Gasteiger partial charge in [0.05, 0.1) is 28.5 Å². The minimum Gasteiger partial charge on any atom is -0.477 e. The van der Waals surface area contributed by atoms with Crippen LogP contribution in [0.3, 0.4) is 0 Å². The smallest absolute Gasteiger partial charge is 0.267 e. The molecule has 0 saturated carbocycles. The lowest BCUT2D eigenvalue weighted by atomic mass is 10.1. The van der Waals surface area contributed by atoms with Gasteiger partial charge in [0.15, 0.2) is 6.61 Å². The van der Waals surface area contributed by atoms with Crippen molar-refractivity contribution in [3.8, 4) is 11.8 Å². The monoisotopic (exact) mass is 385 g/mol. The first-order valence-corrected chi connectivity index (χ1v) is 10.2. The maximum Gasteiger partial charge on any atom is 0.267 e. The zero-order valence-electron chi connectivity index (χ0n) is 14.8. The summed E-state index contributed by atoms with van der Waals surface area (Å²) in [6, 6.07) is 12.5. The zero-order chi connectivity index (χ0) is 19.4. The van der Waals surface area contributed by atoms with Crippen molar-refractivity contribution in [2.24, 2.45) is 0 Å². The molecular weight excluding hydrogens is 366 g/mol. The number of aromatic nitrogens is 1. The molecule has 0 bridgehead atoms. The highest BCUT2D eigenvalue weighted by atomic mass is 32.2. The second-order valence-electron chi connectivity index (χ2n) is 6.06. The Bertz CT molecular complexity index is 1140. The fraction of sp³-hybridized carbons (Fsp3) is 0.263. The number of rotatable bonds is 7. The van der Waals surface area contributed by atoms with E-state index in [1.54, 1.807) is 34.9 Å². The van der Waals surface area contributed by atoms with Crippen molar-refractivity contribution >= 4 is 32.4 Å². The predicted octanol–water partition coefficient (Wildman–Crippen LogP) is 2.85. The highest BCUT2D eigenvalue weighted by molar-refractivity contribution is 7.90. The molecular formula is C19H19N3O4S. The number of carbonyl (C=O) groups excluding carboxylic acids is 1. The molecule has 140 valence electrons. The highest BCUT2D eigenvalue weighted by Gasteiger charge is 2.22. The molecule has 0 radical (unpaired) electrons. The fourth-order valence-electron chi connectivity index (χ4n) is 2.93. The number of nitrogens with one attached hydrogen (secondary N) is 1. The van der Waals surface area contributed by atoms with Gasteiger partial charge in [-0.15, -0.1) is 0 Å². The van der Waals surface area contributed by atoms with Gasteiger partial charge in [0.1, 0.15) is 11.8 Å². The molecule has 0 atom stereocenters. The number of ether oxygens (including phenoxy) is 1. The normalized spacial score (nSPS) is 11.4. The summed E-state index contributed by atoms with van der Waals surface area (Å²) in [5, 5.41) is 9.30. The van der Waals surface area contributed by atoms with E-state index in [0.29, 0.717) is 23.1 Å². The van der Waals surface area contributed by atoms with Crippen molar-refractivity contribution in [1.29, 1.82) is 5.26 Å². The van der Waals surface area contributed by atoms with Gasteiger partial charge >= 0.3 is 0 Å². The average molecular weight is 385 g/mol. The Morgan fingerprint density at radius 1 is 1.22 bits per heavy atom. The molecule has 0 unspecified atom stereocenters. The first kappa shape index (κ1) is 18.7. The molecule has 1 N–H and O–H groups in total. The summed E-state index contributed by atoms with van der Waals surface area (Å²) in [6.07, 6.45) is 2.88. The Morgan fingerprint density at radius 3 is 2.74 bits per heavy atom. The van der Waals surface area contributed by atoms with E-state index in [9.17, 15) is 13.2 Å². The van der Waals surface area contributed by atoms with Crippen LogP contribution in [0.4, 0.5) is 0 Å². The second-order valence-corrected chi connectivity index (χ2v) is 7.90. The Kier molecular flexibility index (Phi) is 5.33. The molecule has 1 amide bonds. The number of hydrogen-bond donors (Lipinski definition) is 1. The Balaban J connectivity index is 2.08. The number of nitriles is 1. The molecule has 0 aliphatic rings. The summed E-state index contributed by atoms with van der Waals surface area (Å²) in [5.41, 5.74) is 1.59. The summed E-state index contributed by atoms with van der Waals surface area (Å²) < 4.78 is 33.6. The van der Waals surface area contributed by atoms with Crippen molar-refractivity contribution in [3.05, 3.63) is 48.2 Å². The van der Waals surface area contributed by atoms with Gasteiger partial charge < -0.3 is 9.14 Å². The first-order chi connectivity index (χ1) is 13.0. The summed E-state index contributed by atoms with van der Waals surface area (Å²) >= 11 is 0. The molecule has 0 saturated heterocycles. The third-order valence-electron chi connectivity index (χ3n) is 4.16. The van der Waals surface area contributed by atoms with Crippen LogP contribution in [0.15, 0.2) is 42.6 Å². The van der Waals surface area contributed by atoms with Crippen LogP contribution in [-0.4, -0.2) is 31.1 Å². The minimum absolute atomic E-state index is 0.0896. The lowest BCUT2D eigenvalue weighted by molar-refractivity contribution is 0.0984. The SMILES string of the molecule is CCCCS(=O)(=O)NC(=O)c1c2ccccc2n2cc(OCC#N)ccc12. The van der Waals surface area contributed by atoms with E-state index in [0.717, 1.165) is 11.9 Å². The number of nitrogens with zero attached hydrogens (tertiary/aromatic N) is 2. The maximum absolute atomic E-state index is 12.8. The molecule has 3 rings (SSSR count). The molecule has 8 heteroatoms. The molecule has 2 aromatic heterocycles. The molecule has 0 aliphatic heterocycles. The number of sulfonamides is 1. The van der Waals surface area contributed by atoms with Crippen molar-refractivity contribution in [2.75, 3.05) is 12.4 Å². The predicted molar refractivity (Wildman–Crippen MR) is 102 cm³/mol. The Morgan fingerprint density at radius 2 is 2.00 bits per heavy atom. The van der Waals surface area contributed by atoms with Crippen LogP contribution in [0.5, 0.6) is 5.75 Å². The Labute approximate surface area is 157 Å². The topological polar surface area (TPSA) is 101 Å². The van der Waals surface area contributed by atoms with Crippen LogP contribution in [0, 0.1) is 11.3 Å². The van der Waals surface area contributed by atoms with Crippen LogP contribution >= 0.6 is 0 Å². The largest absolute Gasteiger partial charge is 0.477 e. The third kappa shape index (κ3) is 3.88. The number of hydrogen-bond acceptors (Lipinski definition) is 5. The fourth-order valence-corrected chi connectivity index (χ4v) is 4.09. The molecule has 0 fully saturated rings. The second kappa shape index (κ2) is 7.68. The van der Waals surface area contributed by atoms with Crippen LogP contribution in [-0.2, 0) is 10.0 Å². The number of amides is 1. The van der Waals surface area contributed by atoms with E-state index < -0.39 is 15.9 Å². The van der Waals surface area contributed by atoms with Gasteiger partial charge in [0.25, 0.3) is 5.91 Å². The van der Waals surface area contributed by atoms with E-state index in [1.807, 2.05) is 25.1 Å². The zero-order valence-corrected chi connectivity index (χ0v) is 15.6. The minimum atomic E-state index is -3.70. The van der Waals surface area contributed by atoms with Crippen LogP contribution in [0.25, 0.3) is 16.4 Å². The number of benzene rings is 1. The van der Waals surface area contributed by atoms with Crippen molar-refractivity contribution in [2.45, 2.75) is 19.8 Å². The lowest BCUT2D eigenvalue weighted by Gasteiger charge is -2.07. The van der Waals surface area contributed by atoms with Gasteiger partial charge in [-0.1, -0.05) is 31.5 Å². The molecule has 0 spiro atoms. The molecule has 0 aliphatic carbocycles. The van der Waals surface area contributed by atoms with Crippen LogP contribution < -0.4 is 9.46 Å². The van der Waals surface area contributed by atoms with Gasteiger partial charge in [-0.2, -0.15) is 5.26 Å². The average Bonchev–Trinajstić information content (AvgIpc) is 2.98. The third-order valence-corrected chi connectivity index (χ3v) is 5.48. The van der Waals surface area contributed by atoms with E-state index in [-0.39, 0.29) is 17.9 Å². The summed E-state index contributed by atoms with van der Waals surface area (Å²) in [6.45, 7) is 1.80. The Hall–Kier alpha value is -3.05. The van der Waals surface area contributed by atoms with E-state index >= 15 is 0 Å². The molecule has 3 aromatic rings. The van der Waals surface area contributed by atoms with Gasteiger partial charge in [0.2, 0.25) is 10.0 Å². The summed E-state index contributed by atoms with van der Waals surface area (Å²) in [5.74, 6) is -0.270. The number of unbranched alkanes of at least 4 members (excludes halogenated alkanes) is 1. The van der Waals surface area contributed by atoms with Crippen molar-refractivity contribution in [1.82, 2.24) is 9.12 Å². The summed E-state index contributed by atoms with van der Waals surface area (Å²) in [7, 11) is -3.70. The number of para-hydroxylation sites is 1. The van der Waals surface area contributed by atoms with E-state index in [1.165, 1.54) is 0 Å². The first-order valence-electron chi connectivity index (χ1n) is 8.54. The molecule has 2 heterocycles. The van der Waals surface area contributed by atoms with Crippen molar-refractivity contribution in [3.63, 3.8) is 0 Å². The van der Waals surface area contributed by atoms with Gasteiger partial charge in [-0.25, -0.2) is 13.1 Å². The standard InChI is InChI=1S/C19H19N3O4S/c1-2-3-12-27(24,25)21-19(23)18-15-6-4-5-7-16(15)22-13-14(26-11-10-20)8-9-17(18)22/h4-9,13H,2-3,11-12H2,1H3,(H,21,23). The van der Waals surface area contributed by atoms with Gasteiger partial charge in [-0.3, -0.25) is 4.79 Å². The van der Waals surface area contributed by atoms with Crippen LogP contribution in [0.2, 0.25) is 0 Å². The van der Waals surface area contributed by atoms with Crippen molar-refractivity contribution < 1.29 is 17.9 Å². The summed E-state index contributed by atoms with van der Waals surface area (Å²) in [4.78, 5) is 12.8. The number of pyridine rings is 1. The van der Waals surface area contributed by atoms with E-state index in [2.05, 4.69) is 4.72 Å². The maximum atomic E-state index is 12.8. The molecule has 27 heavy (non-hydrogen) atoms.